The second-order valence-corrected chi connectivity index (χ2v) is 2.26. The van der Waals surface area contributed by atoms with Crippen molar-refractivity contribution < 1.29 is 19.1 Å². The minimum atomic E-state index is -1.02. The first-order valence-electron chi connectivity index (χ1n) is 3.64. The lowest BCUT2D eigenvalue weighted by Crippen LogP contribution is -2.13. The Morgan fingerprint density at radius 1 is 1.15 bits per heavy atom. The van der Waals surface area contributed by atoms with Crippen molar-refractivity contribution in [3.05, 3.63) is 30.3 Å². The van der Waals surface area contributed by atoms with E-state index in [0.717, 1.165) is 6.92 Å². The van der Waals surface area contributed by atoms with E-state index in [4.69, 9.17) is 0 Å². The zero-order valence-electron chi connectivity index (χ0n) is 7.02. The van der Waals surface area contributed by atoms with Crippen molar-refractivity contribution in [1.29, 1.82) is 0 Å². The van der Waals surface area contributed by atoms with Gasteiger partial charge < -0.3 is 9.47 Å². The van der Waals surface area contributed by atoms with Gasteiger partial charge in [0.1, 0.15) is 5.75 Å². The Labute approximate surface area is 75.1 Å². The molecular formula is C9H8O4. The first kappa shape index (κ1) is 9.25. The highest BCUT2D eigenvalue weighted by Crippen LogP contribution is 2.08. The SMILES string of the molecule is CC(=O)OC(=O)Oc1ccccc1. The fraction of sp³-hybridized carbons (Fsp3) is 0.111. The van der Waals surface area contributed by atoms with E-state index >= 15 is 0 Å². The Hall–Kier alpha value is -1.84. The van der Waals surface area contributed by atoms with Gasteiger partial charge in [0.2, 0.25) is 0 Å². The van der Waals surface area contributed by atoms with E-state index in [9.17, 15) is 9.59 Å². The van der Waals surface area contributed by atoms with Crippen LogP contribution in [0.4, 0.5) is 4.79 Å². The smallest absolute Gasteiger partial charge is 0.395 e. The summed E-state index contributed by atoms with van der Waals surface area (Å²) < 4.78 is 8.80. The van der Waals surface area contributed by atoms with E-state index in [1.54, 1.807) is 30.3 Å². The van der Waals surface area contributed by atoms with Crippen molar-refractivity contribution in [3.63, 3.8) is 0 Å². The molecular weight excluding hydrogens is 172 g/mol. The van der Waals surface area contributed by atoms with Crippen LogP contribution in [0.5, 0.6) is 5.75 Å². The quantitative estimate of drug-likeness (QED) is 0.375. The van der Waals surface area contributed by atoms with Crippen LogP contribution in [-0.2, 0) is 9.53 Å². The molecule has 0 spiro atoms. The molecule has 4 heteroatoms. The summed E-state index contributed by atoms with van der Waals surface area (Å²) in [4.78, 5) is 21.1. The average Bonchev–Trinajstić information content (AvgIpc) is 2.04. The summed E-state index contributed by atoms with van der Waals surface area (Å²) in [5.41, 5.74) is 0. The summed E-state index contributed by atoms with van der Waals surface area (Å²) in [5, 5.41) is 0. The number of rotatable bonds is 1. The van der Waals surface area contributed by atoms with Gasteiger partial charge in [-0.25, -0.2) is 4.79 Å². The molecule has 0 saturated carbocycles. The number of benzene rings is 1. The van der Waals surface area contributed by atoms with E-state index in [0.29, 0.717) is 5.75 Å². The van der Waals surface area contributed by atoms with Crippen molar-refractivity contribution in [2.24, 2.45) is 0 Å². The molecule has 1 aromatic rings. The average molecular weight is 180 g/mol. The molecule has 0 atom stereocenters. The van der Waals surface area contributed by atoms with Crippen LogP contribution in [0.25, 0.3) is 0 Å². The van der Waals surface area contributed by atoms with Gasteiger partial charge in [0.15, 0.2) is 0 Å². The van der Waals surface area contributed by atoms with Gasteiger partial charge in [-0.05, 0) is 12.1 Å². The lowest BCUT2D eigenvalue weighted by Gasteiger charge is -2.01. The van der Waals surface area contributed by atoms with Crippen molar-refractivity contribution in [2.45, 2.75) is 6.92 Å². The monoisotopic (exact) mass is 180 g/mol. The molecule has 0 aliphatic rings. The summed E-state index contributed by atoms with van der Waals surface area (Å²) >= 11 is 0. The van der Waals surface area contributed by atoms with Crippen LogP contribution in [0.1, 0.15) is 6.92 Å². The molecule has 0 saturated heterocycles. The molecule has 0 unspecified atom stereocenters. The maximum Gasteiger partial charge on any atom is 0.521 e. The molecule has 68 valence electrons. The molecule has 13 heavy (non-hydrogen) atoms. The Kier molecular flexibility index (Phi) is 3.03. The Morgan fingerprint density at radius 3 is 2.31 bits per heavy atom. The van der Waals surface area contributed by atoms with Crippen molar-refractivity contribution >= 4 is 12.1 Å². The van der Waals surface area contributed by atoms with E-state index in [2.05, 4.69) is 9.47 Å². The third-order valence-electron chi connectivity index (χ3n) is 1.17. The summed E-state index contributed by atoms with van der Waals surface area (Å²) in [6.07, 6.45) is -1.02. The second kappa shape index (κ2) is 4.25. The van der Waals surface area contributed by atoms with Gasteiger partial charge >= 0.3 is 12.1 Å². The standard InChI is InChI=1S/C9H8O4/c1-7(10)12-9(11)13-8-5-3-2-4-6-8/h2-6H,1H3. The normalized spacial score (nSPS) is 9.00. The fourth-order valence-corrected chi connectivity index (χ4v) is 0.723. The van der Waals surface area contributed by atoms with Gasteiger partial charge in [0.05, 0.1) is 0 Å². The van der Waals surface area contributed by atoms with Gasteiger partial charge in [-0.3, -0.25) is 4.79 Å². The zero-order chi connectivity index (χ0) is 9.68. The van der Waals surface area contributed by atoms with E-state index in [1.165, 1.54) is 0 Å². The molecule has 0 radical (unpaired) electrons. The molecule has 1 rings (SSSR count). The van der Waals surface area contributed by atoms with Crippen LogP contribution < -0.4 is 4.74 Å². The van der Waals surface area contributed by atoms with E-state index in [1.807, 2.05) is 0 Å². The highest BCUT2D eigenvalue weighted by molar-refractivity contribution is 5.81. The Bertz CT molecular complexity index is 305. The van der Waals surface area contributed by atoms with Crippen LogP contribution in [0.2, 0.25) is 0 Å². The first-order valence-corrected chi connectivity index (χ1v) is 3.64. The highest BCUT2D eigenvalue weighted by Gasteiger charge is 2.07. The largest absolute Gasteiger partial charge is 0.521 e. The molecule has 1 aromatic carbocycles. The number of carbonyl (C=O) groups is 2. The van der Waals surface area contributed by atoms with Gasteiger partial charge in [0, 0.05) is 6.92 Å². The molecule has 0 aromatic heterocycles. The van der Waals surface area contributed by atoms with Crippen LogP contribution in [0, 0.1) is 0 Å². The minimum absolute atomic E-state index is 0.341. The Balaban J connectivity index is 2.50. The highest BCUT2D eigenvalue weighted by atomic mass is 16.7. The molecule has 0 aliphatic carbocycles. The Morgan fingerprint density at radius 2 is 1.77 bits per heavy atom. The lowest BCUT2D eigenvalue weighted by atomic mass is 10.3. The van der Waals surface area contributed by atoms with E-state index < -0.39 is 12.1 Å². The molecule has 0 fully saturated rings. The number of esters is 1. The lowest BCUT2D eigenvalue weighted by molar-refractivity contribution is -0.136. The molecule has 0 bridgehead atoms. The minimum Gasteiger partial charge on any atom is -0.395 e. The topological polar surface area (TPSA) is 52.6 Å². The molecule has 0 heterocycles. The number of hydrogen-bond donors (Lipinski definition) is 0. The maximum atomic E-state index is 10.8. The van der Waals surface area contributed by atoms with Gasteiger partial charge in [-0.15, -0.1) is 0 Å². The first-order chi connectivity index (χ1) is 6.18. The predicted octanol–water partition coefficient (Wildman–Crippen LogP) is 1.75. The number of carbonyl (C=O) groups excluding carboxylic acids is 2. The van der Waals surface area contributed by atoms with Crippen LogP contribution in [-0.4, -0.2) is 12.1 Å². The third kappa shape index (κ3) is 3.37. The predicted molar refractivity (Wildman–Crippen MR) is 44.2 cm³/mol. The molecule has 4 nitrogen and oxygen atoms in total. The zero-order valence-corrected chi connectivity index (χ0v) is 7.02. The third-order valence-corrected chi connectivity index (χ3v) is 1.17. The number of ether oxygens (including phenoxy) is 2. The summed E-state index contributed by atoms with van der Waals surface area (Å²) in [5.74, 6) is -0.352. The van der Waals surface area contributed by atoms with Gasteiger partial charge in [-0.1, -0.05) is 18.2 Å². The van der Waals surface area contributed by atoms with Crippen LogP contribution >= 0.6 is 0 Å². The van der Waals surface area contributed by atoms with Crippen LogP contribution in [0.15, 0.2) is 30.3 Å². The van der Waals surface area contributed by atoms with Gasteiger partial charge in [0.25, 0.3) is 0 Å². The summed E-state index contributed by atoms with van der Waals surface area (Å²) in [7, 11) is 0. The number of hydrogen-bond acceptors (Lipinski definition) is 4. The maximum absolute atomic E-state index is 10.8. The van der Waals surface area contributed by atoms with Crippen molar-refractivity contribution in [1.82, 2.24) is 0 Å². The second-order valence-electron chi connectivity index (χ2n) is 2.26. The molecule has 0 N–H and O–H groups in total. The molecule has 0 amide bonds. The summed E-state index contributed by atoms with van der Waals surface area (Å²) in [6.45, 7) is 1.13. The fourth-order valence-electron chi connectivity index (χ4n) is 0.723. The summed E-state index contributed by atoms with van der Waals surface area (Å²) in [6, 6.07) is 8.36. The van der Waals surface area contributed by atoms with E-state index in [-0.39, 0.29) is 0 Å². The number of para-hydroxylation sites is 1. The van der Waals surface area contributed by atoms with Crippen molar-refractivity contribution in [2.75, 3.05) is 0 Å². The molecule has 0 aliphatic heterocycles. The van der Waals surface area contributed by atoms with Crippen LogP contribution in [0.3, 0.4) is 0 Å². The van der Waals surface area contributed by atoms with Crippen molar-refractivity contribution in [3.8, 4) is 5.75 Å². The van der Waals surface area contributed by atoms with Gasteiger partial charge in [-0.2, -0.15) is 0 Å².